The molecule has 0 spiro atoms. The molecule has 0 N–H and O–H groups in total. The lowest BCUT2D eigenvalue weighted by Crippen LogP contribution is -2.13. The third-order valence-corrected chi connectivity index (χ3v) is 3.04. The van der Waals surface area contributed by atoms with Gasteiger partial charge < -0.3 is 0 Å². The number of hydrogen-bond donors (Lipinski definition) is 0. The van der Waals surface area contributed by atoms with Crippen molar-refractivity contribution in [2.45, 2.75) is 33.1 Å². The zero-order chi connectivity index (χ0) is 12.5. The van der Waals surface area contributed by atoms with Crippen LogP contribution in [0.3, 0.4) is 0 Å². The highest BCUT2D eigenvalue weighted by molar-refractivity contribution is 5.67. The highest BCUT2D eigenvalue weighted by atomic mass is 15.1. The maximum absolute atomic E-state index is 3.94. The first-order valence-corrected chi connectivity index (χ1v) is 5.87. The van der Waals surface area contributed by atoms with Crippen LogP contribution in [0.1, 0.15) is 31.9 Å². The normalized spacial score (nSPS) is 11.5. The molecule has 0 radical (unpaired) electrons. The van der Waals surface area contributed by atoms with E-state index in [9.17, 15) is 0 Å². The maximum atomic E-state index is 3.94. The highest BCUT2D eigenvalue weighted by Crippen LogP contribution is 2.31. The standard InChI is InChI=1S/C15H18N2/c1-11-13(12-8-9-16-17-10-12)6-5-7-14(11)15(2,3)4/h5-10H,1-4H3. The van der Waals surface area contributed by atoms with E-state index in [2.05, 4.69) is 56.1 Å². The van der Waals surface area contributed by atoms with Gasteiger partial charge in [0.15, 0.2) is 0 Å². The van der Waals surface area contributed by atoms with Gasteiger partial charge in [0.05, 0.1) is 12.4 Å². The van der Waals surface area contributed by atoms with Crippen LogP contribution in [0.4, 0.5) is 0 Å². The van der Waals surface area contributed by atoms with Gasteiger partial charge in [0.25, 0.3) is 0 Å². The van der Waals surface area contributed by atoms with E-state index in [-0.39, 0.29) is 5.41 Å². The molecule has 0 fully saturated rings. The SMILES string of the molecule is Cc1c(-c2ccnnc2)cccc1C(C)(C)C. The van der Waals surface area contributed by atoms with Crippen molar-refractivity contribution < 1.29 is 0 Å². The molecule has 0 saturated heterocycles. The van der Waals surface area contributed by atoms with Crippen LogP contribution in [0.25, 0.3) is 11.1 Å². The molecule has 0 unspecified atom stereocenters. The summed E-state index contributed by atoms with van der Waals surface area (Å²) in [4.78, 5) is 0. The van der Waals surface area contributed by atoms with E-state index in [1.165, 1.54) is 16.7 Å². The molecule has 0 bridgehead atoms. The minimum atomic E-state index is 0.167. The molecule has 1 aromatic carbocycles. The van der Waals surface area contributed by atoms with Crippen molar-refractivity contribution in [3.05, 3.63) is 47.8 Å². The lowest BCUT2D eigenvalue weighted by molar-refractivity contribution is 0.586. The number of nitrogens with zero attached hydrogens (tertiary/aromatic N) is 2. The Labute approximate surface area is 103 Å². The van der Waals surface area contributed by atoms with E-state index in [1.54, 1.807) is 6.20 Å². The fourth-order valence-electron chi connectivity index (χ4n) is 2.21. The Hall–Kier alpha value is -1.70. The molecule has 0 amide bonds. The van der Waals surface area contributed by atoms with E-state index >= 15 is 0 Å². The number of benzene rings is 1. The first kappa shape index (κ1) is 11.8. The van der Waals surface area contributed by atoms with E-state index in [0.717, 1.165) is 5.56 Å². The molecule has 1 heterocycles. The van der Waals surface area contributed by atoms with Crippen molar-refractivity contribution in [1.82, 2.24) is 10.2 Å². The molecule has 0 aliphatic rings. The van der Waals surface area contributed by atoms with Crippen LogP contribution in [0.5, 0.6) is 0 Å². The molecule has 88 valence electrons. The van der Waals surface area contributed by atoms with Crippen LogP contribution < -0.4 is 0 Å². The van der Waals surface area contributed by atoms with Gasteiger partial charge in [-0.3, -0.25) is 0 Å². The van der Waals surface area contributed by atoms with Crippen molar-refractivity contribution in [2.75, 3.05) is 0 Å². The third kappa shape index (κ3) is 2.36. The zero-order valence-electron chi connectivity index (χ0n) is 10.9. The number of rotatable bonds is 1. The Balaban J connectivity index is 2.58. The maximum Gasteiger partial charge on any atom is 0.0574 e. The van der Waals surface area contributed by atoms with Crippen LogP contribution >= 0.6 is 0 Å². The quantitative estimate of drug-likeness (QED) is 0.740. The van der Waals surface area contributed by atoms with Crippen LogP contribution in [0.2, 0.25) is 0 Å². The highest BCUT2D eigenvalue weighted by Gasteiger charge is 2.17. The molecular formula is C15H18N2. The summed E-state index contributed by atoms with van der Waals surface area (Å²) in [6.45, 7) is 8.90. The van der Waals surface area contributed by atoms with Gasteiger partial charge in [-0.1, -0.05) is 39.0 Å². The topological polar surface area (TPSA) is 25.8 Å². The predicted octanol–water partition coefficient (Wildman–Crippen LogP) is 3.75. The van der Waals surface area contributed by atoms with Gasteiger partial charge in [0.2, 0.25) is 0 Å². The molecule has 0 saturated carbocycles. The van der Waals surface area contributed by atoms with Crippen LogP contribution in [0, 0.1) is 6.92 Å². The molecule has 2 heteroatoms. The summed E-state index contributed by atoms with van der Waals surface area (Å²) in [6, 6.07) is 8.46. The Morgan fingerprint density at radius 2 is 1.76 bits per heavy atom. The first-order chi connectivity index (χ1) is 8.00. The summed E-state index contributed by atoms with van der Waals surface area (Å²) in [5, 5.41) is 7.77. The monoisotopic (exact) mass is 226 g/mol. The van der Waals surface area contributed by atoms with Gasteiger partial charge in [-0.2, -0.15) is 10.2 Å². The van der Waals surface area contributed by atoms with Gasteiger partial charge >= 0.3 is 0 Å². The molecule has 0 aliphatic heterocycles. The van der Waals surface area contributed by atoms with Crippen molar-refractivity contribution in [3.8, 4) is 11.1 Å². The summed E-state index contributed by atoms with van der Waals surface area (Å²) in [7, 11) is 0. The fourth-order valence-corrected chi connectivity index (χ4v) is 2.21. The molecule has 2 rings (SSSR count). The van der Waals surface area contributed by atoms with Gasteiger partial charge in [-0.15, -0.1) is 0 Å². The average molecular weight is 226 g/mol. The van der Waals surface area contributed by atoms with E-state index < -0.39 is 0 Å². The van der Waals surface area contributed by atoms with E-state index in [1.807, 2.05) is 12.3 Å². The van der Waals surface area contributed by atoms with Crippen LogP contribution in [-0.4, -0.2) is 10.2 Å². The van der Waals surface area contributed by atoms with E-state index in [0.29, 0.717) is 0 Å². The Morgan fingerprint density at radius 3 is 2.35 bits per heavy atom. The molecule has 0 aliphatic carbocycles. The van der Waals surface area contributed by atoms with Crippen molar-refractivity contribution >= 4 is 0 Å². The lowest BCUT2D eigenvalue weighted by atomic mass is 9.82. The zero-order valence-corrected chi connectivity index (χ0v) is 10.9. The lowest BCUT2D eigenvalue weighted by Gasteiger charge is -2.23. The van der Waals surface area contributed by atoms with Gasteiger partial charge in [-0.25, -0.2) is 0 Å². The first-order valence-electron chi connectivity index (χ1n) is 5.87. The summed E-state index contributed by atoms with van der Waals surface area (Å²) < 4.78 is 0. The third-order valence-electron chi connectivity index (χ3n) is 3.04. The fraction of sp³-hybridized carbons (Fsp3) is 0.333. The van der Waals surface area contributed by atoms with Crippen molar-refractivity contribution in [2.24, 2.45) is 0 Å². The molecule has 17 heavy (non-hydrogen) atoms. The average Bonchev–Trinajstić information content (AvgIpc) is 2.29. The predicted molar refractivity (Wildman–Crippen MR) is 70.9 cm³/mol. The minimum Gasteiger partial charge on any atom is -0.159 e. The second-order valence-corrected chi connectivity index (χ2v) is 5.36. The molecule has 1 aromatic heterocycles. The second kappa shape index (κ2) is 4.28. The van der Waals surface area contributed by atoms with Gasteiger partial charge in [-0.05, 0) is 35.1 Å². The largest absolute Gasteiger partial charge is 0.159 e. The van der Waals surface area contributed by atoms with Crippen molar-refractivity contribution in [1.29, 1.82) is 0 Å². The van der Waals surface area contributed by atoms with Gasteiger partial charge in [0, 0.05) is 5.56 Å². The van der Waals surface area contributed by atoms with Crippen LogP contribution in [-0.2, 0) is 5.41 Å². The summed E-state index contributed by atoms with van der Waals surface area (Å²) in [5.41, 5.74) is 5.25. The number of hydrogen-bond acceptors (Lipinski definition) is 2. The second-order valence-electron chi connectivity index (χ2n) is 5.36. The Bertz CT molecular complexity index is 510. The van der Waals surface area contributed by atoms with Crippen molar-refractivity contribution in [3.63, 3.8) is 0 Å². The Kier molecular flexibility index (Phi) is 2.97. The van der Waals surface area contributed by atoms with E-state index in [4.69, 9.17) is 0 Å². The smallest absolute Gasteiger partial charge is 0.0574 e. The molecule has 2 nitrogen and oxygen atoms in total. The summed E-state index contributed by atoms with van der Waals surface area (Å²) in [5.74, 6) is 0. The van der Waals surface area contributed by atoms with Crippen LogP contribution in [0.15, 0.2) is 36.7 Å². The summed E-state index contributed by atoms with van der Waals surface area (Å²) in [6.07, 6.45) is 3.55. The molecule has 2 aromatic rings. The number of aromatic nitrogens is 2. The molecule has 0 atom stereocenters. The molecular weight excluding hydrogens is 208 g/mol. The minimum absolute atomic E-state index is 0.167. The summed E-state index contributed by atoms with van der Waals surface area (Å²) >= 11 is 0. The van der Waals surface area contributed by atoms with Gasteiger partial charge in [0.1, 0.15) is 0 Å². The Morgan fingerprint density at radius 1 is 1.00 bits per heavy atom.